The number of pyridine rings is 1. The fourth-order valence-corrected chi connectivity index (χ4v) is 1.69. The lowest BCUT2D eigenvalue weighted by molar-refractivity contribution is -0.114. The van der Waals surface area contributed by atoms with Crippen LogP contribution in [0.4, 0.5) is 5.69 Å². The molecule has 0 saturated heterocycles. The number of rotatable bonds is 2. The summed E-state index contributed by atoms with van der Waals surface area (Å²) in [7, 11) is 1.71. The van der Waals surface area contributed by atoms with Crippen molar-refractivity contribution in [1.29, 1.82) is 0 Å². The van der Waals surface area contributed by atoms with Gasteiger partial charge >= 0.3 is 0 Å². The summed E-state index contributed by atoms with van der Waals surface area (Å²) in [6, 6.07) is 3.62. The van der Waals surface area contributed by atoms with Crippen molar-refractivity contribution < 1.29 is 4.79 Å². The highest BCUT2D eigenvalue weighted by Crippen LogP contribution is 2.16. The van der Waals surface area contributed by atoms with Crippen LogP contribution in [0.2, 0.25) is 0 Å². The third-order valence-electron chi connectivity index (χ3n) is 2.73. The molecule has 0 radical (unpaired) electrons. The molecular formula is C14H15N3O. The molecule has 1 aromatic heterocycles. The van der Waals surface area contributed by atoms with E-state index in [1.54, 1.807) is 42.6 Å². The summed E-state index contributed by atoms with van der Waals surface area (Å²) in [5, 5.41) is 0. The van der Waals surface area contributed by atoms with Crippen molar-refractivity contribution in [3.05, 3.63) is 60.1 Å². The Morgan fingerprint density at radius 2 is 2.17 bits per heavy atom. The molecule has 0 aromatic carbocycles. The summed E-state index contributed by atoms with van der Waals surface area (Å²) in [4.78, 5) is 17.9. The van der Waals surface area contributed by atoms with Crippen LogP contribution in [0.1, 0.15) is 6.42 Å². The first-order valence-corrected chi connectivity index (χ1v) is 5.71. The van der Waals surface area contributed by atoms with Crippen LogP contribution < -0.4 is 10.6 Å². The zero-order valence-electron chi connectivity index (χ0n) is 10.2. The van der Waals surface area contributed by atoms with Gasteiger partial charge in [-0.3, -0.25) is 9.78 Å². The third-order valence-corrected chi connectivity index (χ3v) is 2.73. The highest BCUT2D eigenvalue weighted by Gasteiger charge is 2.17. The van der Waals surface area contributed by atoms with E-state index in [2.05, 4.69) is 4.98 Å². The van der Waals surface area contributed by atoms with E-state index in [0.29, 0.717) is 11.3 Å². The Labute approximate surface area is 106 Å². The summed E-state index contributed by atoms with van der Waals surface area (Å²) < 4.78 is 0. The fourth-order valence-electron chi connectivity index (χ4n) is 1.69. The lowest BCUT2D eigenvalue weighted by Crippen LogP contribution is -2.28. The van der Waals surface area contributed by atoms with E-state index in [9.17, 15) is 4.79 Å². The minimum absolute atomic E-state index is 0.136. The maximum Gasteiger partial charge on any atom is 0.260 e. The van der Waals surface area contributed by atoms with Gasteiger partial charge in [0, 0.05) is 18.9 Å². The highest BCUT2D eigenvalue weighted by atomic mass is 16.2. The van der Waals surface area contributed by atoms with E-state index in [-0.39, 0.29) is 5.91 Å². The van der Waals surface area contributed by atoms with Crippen molar-refractivity contribution in [3.63, 3.8) is 0 Å². The largest absolute Gasteiger partial charge is 0.398 e. The lowest BCUT2D eigenvalue weighted by atomic mass is 10.1. The normalized spacial score (nSPS) is 14.5. The van der Waals surface area contributed by atoms with Crippen LogP contribution in [0.25, 0.3) is 0 Å². The first kappa shape index (κ1) is 12.1. The van der Waals surface area contributed by atoms with Gasteiger partial charge in [-0.2, -0.15) is 0 Å². The maximum atomic E-state index is 12.3. The first-order chi connectivity index (χ1) is 8.70. The Balaban J connectivity index is 2.29. The molecule has 0 spiro atoms. The van der Waals surface area contributed by atoms with Crippen LogP contribution in [-0.2, 0) is 4.79 Å². The molecule has 92 valence electrons. The average Bonchev–Trinajstić information content (AvgIpc) is 2.63. The number of nitrogens with two attached hydrogens (primary N) is 1. The van der Waals surface area contributed by atoms with Crippen molar-refractivity contribution in [3.8, 4) is 0 Å². The number of amides is 1. The summed E-state index contributed by atoms with van der Waals surface area (Å²) in [6.45, 7) is 0. The van der Waals surface area contributed by atoms with Crippen molar-refractivity contribution in [2.45, 2.75) is 6.42 Å². The van der Waals surface area contributed by atoms with Gasteiger partial charge < -0.3 is 10.6 Å². The Hall–Kier alpha value is -2.36. The average molecular weight is 241 g/mol. The van der Waals surface area contributed by atoms with Gasteiger partial charge in [0.05, 0.1) is 17.5 Å². The number of hydrogen-bond acceptors (Lipinski definition) is 3. The minimum Gasteiger partial charge on any atom is -0.398 e. The molecule has 4 heteroatoms. The molecule has 2 rings (SSSR count). The number of hydrogen-bond donors (Lipinski definition) is 1. The maximum absolute atomic E-state index is 12.3. The number of carbonyl (C=O) groups excluding carboxylic acids is 1. The molecule has 1 amide bonds. The van der Waals surface area contributed by atoms with Crippen LogP contribution in [0.15, 0.2) is 60.1 Å². The van der Waals surface area contributed by atoms with Crippen LogP contribution in [0.3, 0.4) is 0 Å². The topological polar surface area (TPSA) is 59.2 Å². The summed E-state index contributed by atoms with van der Waals surface area (Å²) in [5.74, 6) is -0.136. The Kier molecular flexibility index (Phi) is 3.57. The van der Waals surface area contributed by atoms with Crippen LogP contribution in [0.5, 0.6) is 0 Å². The van der Waals surface area contributed by atoms with Crippen molar-refractivity contribution >= 4 is 11.6 Å². The van der Waals surface area contributed by atoms with Gasteiger partial charge in [-0.15, -0.1) is 0 Å². The van der Waals surface area contributed by atoms with Gasteiger partial charge in [-0.1, -0.05) is 18.2 Å². The van der Waals surface area contributed by atoms with Gasteiger partial charge in [-0.25, -0.2) is 0 Å². The van der Waals surface area contributed by atoms with Gasteiger partial charge in [0.25, 0.3) is 5.91 Å². The molecule has 2 N–H and O–H groups in total. The second-order valence-electron chi connectivity index (χ2n) is 3.98. The SMILES string of the molecule is CN(C(=O)C1=C(N)C=CCC=C1)c1cccnc1. The summed E-state index contributed by atoms with van der Waals surface area (Å²) in [5.41, 5.74) is 7.61. The predicted molar refractivity (Wildman–Crippen MR) is 71.8 cm³/mol. The van der Waals surface area contributed by atoms with E-state index in [1.807, 2.05) is 18.2 Å². The molecule has 1 aliphatic rings. The van der Waals surface area contributed by atoms with E-state index >= 15 is 0 Å². The zero-order chi connectivity index (χ0) is 13.0. The van der Waals surface area contributed by atoms with Crippen LogP contribution >= 0.6 is 0 Å². The van der Waals surface area contributed by atoms with Gasteiger partial charge in [-0.05, 0) is 24.6 Å². The quantitative estimate of drug-likeness (QED) is 0.858. The number of aromatic nitrogens is 1. The van der Waals surface area contributed by atoms with Crippen molar-refractivity contribution in [1.82, 2.24) is 4.98 Å². The zero-order valence-corrected chi connectivity index (χ0v) is 10.2. The monoisotopic (exact) mass is 241 g/mol. The lowest BCUT2D eigenvalue weighted by Gasteiger charge is -2.17. The molecular weight excluding hydrogens is 226 g/mol. The Morgan fingerprint density at radius 3 is 2.89 bits per heavy atom. The first-order valence-electron chi connectivity index (χ1n) is 5.71. The number of allylic oxidation sites excluding steroid dienone is 3. The third kappa shape index (κ3) is 2.48. The van der Waals surface area contributed by atoms with E-state index in [1.165, 1.54) is 0 Å². The predicted octanol–water partition coefficient (Wildman–Crippen LogP) is 1.77. The number of likely N-dealkylation sites (N-methyl/N-ethyl adjacent to an activating group) is 1. The Morgan fingerprint density at radius 1 is 1.39 bits per heavy atom. The molecule has 0 bridgehead atoms. The molecule has 1 aliphatic carbocycles. The molecule has 0 unspecified atom stereocenters. The van der Waals surface area contributed by atoms with Gasteiger partial charge in [0.15, 0.2) is 0 Å². The van der Waals surface area contributed by atoms with Crippen LogP contribution in [0, 0.1) is 0 Å². The summed E-state index contributed by atoms with van der Waals surface area (Å²) in [6.07, 6.45) is 11.5. The highest BCUT2D eigenvalue weighted by molar-refractivity contribution is 6.07. The van der Waals surface area contributed by atoms with E-state index < -0.39 is 0 Å². The number of nitrogens with zero attached hydrogens (tertiary/aromatic N) is 2. The summed E-state index contributed by atoms with van der Waals surface area (Å²) >= 11 is 0. The number of carbonyl (C=O) groups is 1. The van der Waals surface area contributed by atoms with Gasteiger partial charge in [0.2, 0.25) is 0 Å². The molecule has 0 atom stereocenters. The second kappa shape index (κ2) is 5.31. The molecule has 0 saturated carbocycles. The number of anilines is 1. The fraction of sp³-hybridized carbons (Fsp3) is 0.143. The standard InChI is InChI=1S/C14H15N3O/c1-17(11-6-5-9-16-10-11)14(18)12-7-3-2-4-8-13(12)15/h3-10H,2,15H2,1H3. The second-order valence-corrected chi connectivity index (χ2v) is 3.98. The Bertz CT molecular complexity index is 529. The smallest absolute Gasteiger partial charge is 0.260 e. The van der Waals surface area contributed by atoms with Crippen molar-refractivity contribution in [2.24, 2.45) is 5.73 Å². The van der Waals surface area contributed by atoms with Gasteiger partial charge in [0.1, 0.15) is 0 Å². The minimum atomic E-state index is -0.136. The molecule has 4 nitrogen and oxygen atoms in total. The van der Waals surface area contributed by atoms with Crippen molar-refractivity contribution in [2.75, 3.05) is 11.9 Å². The molecule has 1 heterocycles. The molecule has 0 aliphatic heterocycles. The van der Waals surface area contributed by atoms with E-state index in [4.69, 9.17) is 5.73 Å². The molecule has 1 aromatic rings. The van der Waals surface area contributed by atoms with Crippen LogP contribution in [-0.4, -0.2) is 17.9 Å². The molecule has 0 fully saturated rings. The van der Waals surface area contributed by atoms with E-state index in [0.717, 1.165) is 12.1 Å². The molecule has 18 heavy (non-hydrogen) atoms.